The molecule has 0 aliphatic heterocycles. The van der Waals surface area contributed by atoms with E-state index in [2.05, 4.69) is 115 Å². The number of benzene rings is 2. The average Bonchev–Trinajstić information content (AvgIpc) is 2.91. The lowest BCUT2D eigenvalue weighted by atomic mass is 10.1. The van der Waals surface area contributed by atoms with E-state index in [0.717, 1.165) is 26.3 Å². The summed E-state index contributed by atoms with van der Waals surface area (Å²) >= 11 is 0. The summed E-state index contributed by atoms with van der Waals surface area (Å²) in [5.74, 6) is 0. The maximum atomic E-state index is 2.58. The molecule has 0 spiro atoms. The smallest absolute Gasteiger partial charge is 0.214 e. The van der Waals surface area contributed by atoms with Gasteiger partial charge in [0.25, 0.3) is 0 Å². The largest absolute Gasteiger partial charge is 0.372 e. The first-order valence-corrected chi connectivity index (χ1v) is 14.3. The molecule has 194 valence electrons. The molecule has 0 unspecified atom stereocenters. The van der Waals surface area contributed by atoms with Crippen molar-refractivity contribution in [3.63, 3.8) is 0 Å². The molecule has 3 aromatic rings. The SMILES string of the molecule is CCCCCN(CCCCC)c1ccc(C=Cc2cc[n+](CN(C)CCCC)c3ccccc23)cc1. The molecule has 3 heteroatoms. The van der Waals surface area contributed by atoms with Crippen LogP contribution in [0.3, 0.4) is 0 Å². The maximum absolute atomic E-state index is 2.58. The number of unbranched alkanes of at least 4 members (excludes halogenated alkanes) is 5. The van der Waals surface area contributed by atoms with Gasteiger partial charge in [-0.25, -0.2) is 0 Å². The fourth-order valence-electron chi connectivity index (χ4n) is 4.79. The van der Waals surface area contributed by atoms with Crippen molar-refractivity contribution < 1.29 is 4.57 Å². The molecule has 0 saturated heterocycles. The quantitative estimate of drug-likeness (QED) is 0.149. The summed E-state index contributed by atoms with van der Waals surface area (Å²) in [5.41, 5.74) is 5.16. The van der Waals surface area contributed by atoms with E-state index in [1.165, 1.54) is 79.1 Å². The fourth-order valence-corrected chi connectivity index (χ4v) is 4.79. The Morgan fingerprint density at radius 3 is 2.03 bits per heavy atom. The molecule has 0 atom stereocenters. The molecule has 3 rings (SSSR count). The van der Waals surface area contributed by atoms with Gasteiger partial charge in [0, 0.05) is 37.5 Å². The van der Waals surface area contributed by atoms with E-state index in [0.29, 0.717) is 0 Å². The lowest BCUT2D eigenvalue weighted by Gasteiger charge is -2.25. The van der Waals surface area contributed by atoms with Crippen molar-refractivity contribution in [3.05, 3.63) is 71.9 Å². The Morgan fingerprint density at radius 1 is 0.694 bits per heavy atom. The summed E-state index contributed by atoms with van der Waals surface area (Å²) in [5, 5.41) is 1.30. The second-order valence-corrected chi connectivity index (χ2v) is 10.2. The van der Waals surface area contributed by atoms with E-state index in [1.807, 2.05) is 0 Å². The Balaban J connectivity index is 1.74. The Labute approximate surface area is 220 Å². The van der Waals surface area contributed by atoms with Crippen LogP contribution in [0.4, 0.5) is 5.69 Å². The topological polar surface area (TPSA) is 10.4 Å². The summed E-state index contributed by atoms with van der Waals surface area (Å²) in [7, 11) is 2.21. The number of hydrogen-bond acceptors (Lipinski definition) is 2. The third-order valence-corrected chi connectivity index (χ3v) is 7.02. The van der Waals surface area contributed by atoms with Crippen molar-refractivity contribution in [1.82, 2.24) is 4.90 Å². The fraction of sp³-hybridized carbons (Fsp3) is 0.485. The molecule has 0 radical (unpaired) electrons. The van der Waals surface area contributed by atoms with E-state index in [9.17, 15) is 0 Å². The highest BCUT2D eigenvalue weighted by atomic mass is 15.2. The second kappa shape index (κ2) is 15.5. The molecular weight excluding hydrogens is 438 g/mol. The van der Waals surface area contributed by atoms with Crippen molar-refractivity contribution >= 4 is 28.7 Å². The van der Waals surface area contributed by atoms with Gasteiger partial charge in [-0.1, -0.05) is 89.3 Å². The number of anilines is 1. The van der Waals surface area contributed by atoms with Gasteiger partial charge in [-0.15, -0.1) is 0 Å². The van der Waals surface area contributed by atoms with Crippen LogP contribution in [0.1, 0.15) is 83.3 Å². The van der Waals surface area contributed by atoms with Crippen molar-refractivity contribution in [2.24, 2.45) is 0 Å². The normalized spacial score (nSPS) is 11.7. The van der Waals surface area contributed by atoms with E-state index in [1.54, 1.807) is 0 Å². The summed E-state index contributed by atoms with van der Waals surface area (Å²) in [4.78, 5) is 4.99. The average molecular weight is 487 g/mol. The van der Waals surface area contributed by atoms with Gasteiger partial charge >= 0.3 is 0 Å². The van der Waals surface area contributed by atoms with E-state index in [4.69, 9.17) is 0 Å². The summed E-state index contributed by atoms with van der Waals surface area (Å²) in [6, 6.07) is 20.2. The molecule has 0 aliphatic rings. The van der Waals surface area contributed by atoms with Crippen LogP contribution < -0.4 is 9.47 Å². The number of rotatable bonds is 16. The first kappa shape index (κ1) is 27.9. The Bertz CT molecular complexity index is 1040. The predicted octanol–water partition coefficient (Wildman–Crippen LogP) is 8.17. The number of pyridine rings is 1. The van der Waals surface area contributed by atoms with Crippen LogP contribution in [-0.2, 0) is 6.67 Å². The lowest BCUT2D eigenvalue weighted by Crippen LogP contribution is -2.43. The van der Waals surface area contributed by atoms with Gasteiger partial charge in [0.15, 0.2) is 6.20 Å². The van der Waals surface area contributed by atoms with E-state index < -0.39 is 0 Å². The predicted molar refractivity (Wildman–Crippen MR) is 158 cm³/mol. The molecule has 36 heavy (non-hydrogen) atoms. The molecule has 0 saturated carbocycles. The molecule has 3 nitrogen and oxygen atoms in total. The first-order valence-electron chi connectivity index (χ1n) is 14.3. The zero-order valence-corrected chi connectivity index (χ0v) is 23.3. The van der Waals surface area contributed by atoms with E-state index >= 15 is 0 Å². The van der Waals surface area contributed by atoms with Crippen LogP contribution in [-0.4, -0.2) is 31.6 Å². The first-order chi connectivity index (χ1) is 17.7. The van der Waals surface area contributed by atoms with Gasteiger partial charge in [-0.05, 0) is 55.6 Å². The van der Waals surface area contributed by atoms with Crippen molar-refractivity contribution in [2.45, 2.75) is 78.8 Å². The molecule has 0 fully saturated rings. The van der Waals surface area contributed by atoms with Crippen LogP contribution in [0.25, 0.3) is 23.1 Å². The molecule has 0 amide bonds. The number of aromatic nitrogens is 1. The summed E-state index contributed by atoms with van der Waals surface area (Å²) in [6.07, 6.45) is 16.9. The minimum absolute atomic E-state index is 0.916. The van der Waals surface area contributed by atoms with Crippen molar-refractivity contribution in [3.8, 4) is 0 Å². The Hall–Kier alpha value is -2.65. The van der Waals surface area contributed by atoms with Crippen LogP contribution in [0.5, 0.6) is 0 Å². The summed E-state index contributed by atoms with van der Waals surface area (Å²) in [6.45, 7) is 11.2. The zero-order valence-electron chi connectivity index (χ0n) is 23.3. The Morgan fingerprint density at radius 2 is 1.36 bits per heavy atom. The molecule has 0 bridgehead atoms. The van der Waals surface area contributed by atoms with Gasteiger partial charge in [-0.3, -0.25) is 4.90 Å². The number of nitrogens with zero attached hydrogens (tertiary/aromatic N) is 3. The van der Waals surface area contributed by atoms with Crippen molar-refractivity contribution in [1.29, 1.82) is 0 Å². The van der Waals surface area contributed by atoms with Crippen LogP contribution >= 0.6 is 0 Å². The number of hydrogen-bond donors (Lipinski definition) is 0. The molecule has 2 aromatic carbocycles. The lowest BCUT2D eigenvalue weighted by molar-refractivity contribution is -0.690. The second-order valence-electron chi connectivity index (χ2n) is 10.2. The highest BCUT2D eigenvalue weighted by Crippen LogP contribution is 2.21. The van der Waals surface area contributed by atoms with E-state index in [-0.39, 0.29) is 0 Å². The number of para-hydroxylation sites is 1. The maximum Gasteiger partial charge on any atom is 0.214 e. The third kappa shape index (κ3) is 8.48. The van der Waals surface area contributed by atoms with Gasteiger partial charge < -0.3 is 4.90 Å². The molecule has 1 heterocycles. The van der Waals surface area contributed by atoms with Crippen LogP contribution in [0.2, 0.25) is 0 Å². The highest BCUT2D eigenvalue weighted by Gasteiger charge is 2.13. The standard InChI is InChI=1S/C33H48N3/c1-5-8-13-25-35(26-14-9-6-2)31-21-18-29(19-22-31)17-20-30-23-27-36(28-34(4)24-10-7-3)33-16-12-11-15-32(30)33/h11-12,15-23,27H,5-10,13-14,24-26,28H2,1-4H3/q+1. The minimum Gasteiger partial charge on any atom is -0.372 e. The Kier molecular flexibility index (Phi) is 12.0. The van der Waals surface area contributed by atoms with Gasteiger partial charge in [0.1, 0.15) is 0 Å². The van der Waals surface area contributed by atoms with Crippen LogP contribution in [0.15, 0.2) is 60.8 Å². The highest BCUT2D eigenvalue weighted by molar-refractivity contribution is 5.88. The molecule has 1 aromatic heterocycles. The minimum atomic E-state index is 0.916. The number of fused-ring (bicyclic) bond motifs is 1. The van der Waals surface area contributed by atoms with Gasteiger partial charge in [-0.2, -0.15) is 4.57 Å². The molecular formula is C33H48N3+. The molecule has 0 aliphatic carbocycles. The zero-order chi connectivity index (χ0) is 25.6. The van der Waals surface area contributed by atoms with Gasteiger partial charge in [0.2, 0.25) is 12.2 Å². The van der Waals surface area contributed by atoms with Crippen molar-refractivity contribution in [2.75, 3.05) is 31.6 Å². The van der Waals surface area contributed by atoms with Crippen LogP contribution in [0, 0.1) is 0 Å². The molecule has 0 N–H and O–H groups in total. The van der Waals surface area contributed by atoms with Gasteiger partial charge in [0.05, 0.1) is 5.39 Å². The summed E-state index contributed by atoms with van der Waals surface area (Å²) < 4.78 is 2.36. The third-order valence-electron chi connectivity index (χ3n) is 7.02. The monoisotopic (exact) mass is 486 g/mol.